The number of aliphatic imine (C=N–C) groups is 1. The normalized spacial score (nSPS) is 31.4. The molecule has 2 N–H and O–H groups in total. The van der Waals surface area contributed by atoms with Gasteiger partial charge in [0, 0.05) is 57.4 Å². The van der Waals surface area contributed by atoms with Gasteiger partial charge in [0.25, 0.3) is 0 Å². The van der Waals surface area contributed by atoms with Crippen molar-refractivity contribution in [3.63, 3.8) is 0 Å². The molecule has 25 heavy (non-hydrogen) atoms. The molecule has 0 aromatic carbocycles. The Morgan fingerprint density at radius 2 is 2.04 bits per heavy atom. The summed E-state index contributed by atoms with van der Waals surface area (Å²) < 4.78 is 5.55. The number of ether oxygens (including phenoxy) is 1. The van der Waals surface area contributed by atoms with Crippen molar-refractivity contribution in [2.24, 2.45) is 4.99 Å². The summed E-state index contributed by atoms with van der Waals surface area (Å²) in [5, 5.41) is 7.18. The van der Waals surface area contributed by atoms with Crippen LogP contribution in [-0.2, 0) is 4.74 Å². The van der Waals surface area contributed by atoms with Gasteiger partial charge < -0.3 is 15.4 Å². The van der Waals surface area contributed by atoms with Gasteiger partial charge in [-0.05, 0) is 33.1 Å². The number of rotatable bonds is 5. The minimum absolute atomic E-state index is 0.482. The number of guanidine groups is 1. The zero-order chi connectivity index (χ0) is 17.6. The molecule has 0 bridgehead atoms. The molecule has 3 aliphatic rings. The smallest absolute Gasteiger partial charge is 0.191 e. The van der Waals surface area contributed by atoms with Crippen molar-refractivity contribution >= 4 is 5.96 Å². The maximum atomic E-state index is 5.55. The quantitative estimate of drug-likeness (QED) is 0.577. The summed E-state index contributed by atoms with van der Waals surface area (Å²) in [6, 6.07) is 2.35. The average molecular weight is 352 g/mol. The number of nitrogens with zero attached hydrogens (tertiary/aromatic N) is 3. The molecule has 6 heteroatoms. The molecule has 3 fully saturated rings. The number of morpholine rings is 1. The van der Waals surface area contributed by atoms with E-state index in [0.29, 0.717) is 18.1 Å². The highest BCUT2D eigenvalue weighted by Crippen LogP contribution is 2.26. The van der Waals surface area contributed by atoms with Crippen molar-refractivity contribution < 1.29 is 4.74 Å². The summed E-state index contributed by atoms with van der Waals surface area (Å²) >= 11 is 0. The van der Waals surface area contributed by atoms with Crippen LogP contribution in [0.1, 0.15) is 46.0 Å². The van der Waals surface area contributed by atoms with Crippen LogP contribution in [0.2, 0.25) is 0 Å². The molecule has 0 radical (unpaired) electrons. The van der Waals surface area contributed by atoms with Crippen molar-refractivity contribution in [3.05, 3.63) is 0 Å². The molecule has 0 amide bonds. The fourth-order valence-corrected chi connectivity index (χ4v) is 4.65. The highest BCUT2D eigenvalue weighted by molar-refractivity contribution is 5.80. The molecule has 6 nitrogen and oxygen atoms in total. The van der Waals surface area contributed by atoms with Gasteiger partial charge in [0.05, 0.1) is 13.2 Å². The van der Waals surface area contributed by atoms with Crippen LogP contribution >= 0.6 is 0 Å². The summed E-state index contributed by atoms with van der Waals surface area (Å²) in [6.07, 6.45) is 6.86. The van der Waals surface area contributed by atoms with Crippen LogP contribution in [0.4, 0.5) is 0 Å². The SMILES string of the molecule is CN=C(NCC(C)N1CCOCC1C)NC1CCN(C2CCCC2)C1. The van der Waals surface area contributed by atoms with E-state index >= 15 is 0 Å². The molecule has 1 aliphatic carbocycles. The molecule has 2 aliphatic heterocycles. The van der Waals surface area contributed by atoms with E-state index in [9.17, 15) is 0 Å². The molecular weight excluding hydrogens is 314 g/mol. The van der Waals surface area contributed by atoms with Crippen LogP contribution in [0.15, 0.2) is 4.99 Å². The van der Waals surface area contributed by atoms with Crippen LogP contribution < -0.4 is 10.6 Å². The molecule has 144 valence electrons. The van der Waals surface area contributed by atoms with Gasteiger partial charge in [-0.15, -0.1) is 0 Å². The Labute approximate surface area is 153 Å². The third kappa shape index (κ3) is 5.08. The largest absolute Gasteiger partial charge is 0.379 e. The molecule has 2 heterocycles. The monoisotopic (exact) mass is 351 g/mol. The Kier molecular flexibility index (Phi) is 6.96. The first-order chi connectivity index (χ1) is 12.2. The van der Waals surface area contributed by atoms with E-state index in [2.05, 4.69) is 39.3 Å². The van der Waals surface area contributed by atoms with Gasteiger partial charge in [-0.1, -0.05) is 12.8 Å². The summed E-state index contributed by atoms with van der Waals surface area (Å²) in [7, 11) is 1.88. The molecule has 0 aromatic heterocycles. The van der Waals surface area contributed by atoms with Gasteiger partial charge >= 0.3 is 0 Å². The molecule has 0 spiro atoms. The van der Waals surface area contributed by atoms with Crippen LogP contribution in [0.5, 0.6) is 0 Å². The molecular formula is C19H37N5O. The van der Waals surface area contributed by atoms with Crippen LogP contribution in [-0.4, -0.2) is 86.4 Å². The van der Waals surface area contributed by atoms with Crippen LogP contribution in [0, 0.1) is 0 Å². The predicted molar refractivity (Wildman–Crippen MR) is 103 cm³/mol. The maximum absolute atomic E-state index is 5.55. The minimum Gasteiger partial charge on any atom is -0.379 e. The third-order valence-electron chi connectivity index (χ3n) is 6.18. The fourth-order valence-electron chi connectivity index (χ4n) is 4.65. The van der Waals surface area contributed by atoms with Crippen molar-refractivity contribution in [1.29, 1.82) is 0 Å². The summed E-state index contributed by atoms with van der Waals surface area (Å²) in [5.74, 6) is 0.950. The Morgan fingerprint density at radius 1 is 1.24 bits per heavy atom. The second kappa shape index (κ2) is 9.19. The van der Waals surface area contributed by atoms with Gasteiger partial charge in [-0.2, -0.15) is 0 Å². The lowest BCUT2D eigenvalue weighted by molar-refractivity contribution is -0.0174. The fraction of sp³-hybridized carbons (Fsp3) is 0.947. The lowest BCUT2D eigenvalue weighted by Gasteiger charge is -2.38. The zero-order valence-electron chi connectivity index (χ0n) is 16.3. The number of nitrogens with one attached hydrogen (secondary N) is 2. The Bertz CT molecular complexity index is 438. The zero-order valence-corrected chi connectivity index (χ0v) is 16.3. The first-order valence-electron chi connectivity index (χ1n) is 10.2. The van der Waals surface area contributed by atoms with Gasteiger partial charge in [0.15, 0.2) is 5.96 Å². The van der Waals surface area contributed by atoms with E-state index in [4.69, 9.17) is 4.74 Å². The van der Waals surface area contributed by atoms with E-state index < -0.39 is 0 Å². The van der Waals surface area contributed by atoms with Crippen molar-refractivity contribution in [3.8, 4) is 0 Å². The van der Waals surface area contributed by atoms with Crippen LogP contribution in [0.25, 0.3) is 0 Å². The summed E-state index contributed by atoms with van der Waals surface area (Å²) in [5.41, 5.74) is 0. The highest BCUT2D eigenvalue weighted by Gasteiger charge is 2.30. The molecule has 1 saturated carbocycles. The molecule has 2 saturated heterocycles. The van der Waals surface area contributed by atoms with Crippen molar-refractivity contribution in [2.75, 3.05) is 46.4 Å². The predicted octanol–water partition coefficient (Wildman–Crippen LogP) is 1.28. The number of hydrogen-bond donors (Lipinski definition) is 2. The molecule has 0 aromatic rings. The summed E-state index contributed by atoms with van der Waals surface area (Å²) in [4.78, 5) is 9.66. The Hall–Kier alpha value is -0.850. The van der Waals surface area contributed by atoms with Crippen LogP contribution in [0.3, 0.4) is 0 Å². The first-order valence-corrected chi connectivity index (χ1v) is 10.2. The standard InChI is InChI=1S/C19H37N5O/c1-15(24-10-11-25-14-16(24)2)12-21-19(20-3)22-17-8-9-23(13-17)18-6-4-5-7-18/h15-18H,4-14H2,1-3H3,(H2,20,21,22). The lowest BCUT2D eigenvalue weighted by Crippen LogP contribution is -2.54. The van der Waals surface area contributed by atoms with E-state index in [0.717, 1.165) is 38.3 Å². The van der Waals surface area contributed by atoms with Gasteiger partial charge in [-0.3, -0.25) is 14.8 Å². The van der Waals surface area contributed by atoms with E-state index in [1.54, 1.807) is 0 Å². The van der Waals surface area contributed by atoms with Gasteiger partial charge in [-0.25, -0.2) is 0 Å². The third-order valence-corrected chi connectivity index (χ3v) is 6.18. The highest BCUT2D eigenvalue weighted by atomic mass is 16.5. The first kappa shape index (κ1) is 18.9. The minimum atomic E-state index is 0.482. The van der Waals surface area contributed by atoms with Gasteiger partial charge in [0.1, 0.15) is 0 Å². The lowest BCUT2D eigenvalue weighted by atomic mass is 10.2. The van der Waals surface area contributed by atoms with E-state index in [-0.39, 0.29) is 0 Å². The topological polar surface area (TPSA) is 52.1 Å². The number of hydrogen-bond acceptors (Lipinski definition) is 4. The molecule has 3 unspecified atom stereocenters. The Balaban J connectivity index is 1.40. The maximum Gasteiger partial charge on any atom is 0.191 e. The Morgan fingerprint density at radius 3 is 2.76 bits per heavy atom. The van der Waals surface area contributed by atoms with Crippen molar-refractivity contribution in [1.82, 2.24) is 20.4 Å². The van der Waals surface area contributed by atoms with Crippen molar-refractivity contribution in [2.45, 2.75) is 70.1 Å². The van der Waals surface area contributed by atoms with E-state index in [1.165, 1.54) is 45.2 Å². The molecule has 3 atom stereocenters. The average Bonchev–Trinajstić information content (AvgIpc) is 3.30. The summed E-state index contributed by atoms with van der Waals surface area (Å²) in [6.45, 7) is 10.6. The second-order valence-electron chi connectivity index (χ2n) is 8.03. The van der Waals surface area contributed by atoms with Gasteiger partial charge in [0.2, 0.25) is 0 Å². The second-order valence-corrected chi connectivity index (χ2v) is 8.03. The molecule has 3 rings (SSSR count). The van der Waals surface area contributed by atoms with E-state index in [1.807, 2.05) is 7.05 Å². The number of likely N-dealkylation sites (tertiary alicyclic amines) is 1.